The van der Waals surface area contributed by atoms with Crippen molar-refractivity contribution in [2.75, 3.05) is 0 Å². The van der Waals surface area contributed by atoms with Gasteiger partial charge in [-0.05, 0) is 108 Å². The molecule has 6 aromatic rings. The van der Waals surface area contributed by atoms with Crippen LogP contribution in [0.5, 0.6) is 0 Å². The van der Waals surface area contributed by atoms with Gasteiger partial charge in [0.05, 0.1) is 11.0 Å². The lowest BCUT2D eigenvalue weighted by Crippen LogP contribution is -1.93. The van der Waals surface area contributed by atoms with E-state index in [0.717, 1.165) is 6.42 Å². The number of para-hydroxylation sites is 1. The summed E-state index contributed by atoms with van der Waals surface area (Å²) in [5, 5.41) is 2.58. The van der Waals surface area contributed by atoms with Crippen LogP contribution in [0, 0.1) is 12.8 Å². The Balaban J connectivity index is 1.28. The zero-order valence-corrected chi connectivity index (χ0v) is 27.9. The van der Waals surface area contributed by atoms with Crippen molar-refractivity contribution in [3.63, 3.8) is 0 Å². The van der Waals surface area contributed by atoms with Crippen LogP contribution in [-0.4, -0.2) is 4.57 Å². The maximum atomic E-state index is 3.93. The number of fused-ring (bicyclic) bond motifs is 3. The monoisotopic (exact) mass is 609 g/mol. The molecule has 0 spiro atoms. The second kappa shape index (κ2) is 14.4. The highest BCUT2D eigenvalue weighted by molar-refractivity contribution is 6.14. The van der Waals surface area contributed by atoms with Crippen molar-refractivity contribution in [3.05, 3.63) is 181 Å². The third-order valence-electron chi connectivity index (χ3n) is 9.06. The van der Waals surface area contributed by atoms with E-state index in [9.17, 15) is 0 Å². The van der Waals surface area contributed by atoms with Gasteiger partial charge >= 0.3 is 0 Å². The Morgan fingerprint density at radius 2 is 1.38 bits per heavy atom. The first kappa shape index (κ1) is 31.6. The van der Waals surface area contributed by atoms with Crippen LogP contribution >= 0.6 is 0 Å². The number of hydrogen-bond acceptors (Lipinski definition) is 0. The first-order chi connectivity index (χ1) is 23.0. The lowest BCUT2D eigenvalue weighted by molar-refractivity contribution is 0.894. The molecule has 6 rings (SSSR count). The molecule has 0 aliphatic carbocycles. The molecule has 1 heterocycles. The van der Waals surface area contributed by atoms with Crippen molar-refractivity contribution >= 4 is 27.9 Å². The SMILES string of the molecule is C=CC(C)C(/C=C\C)=C\C=C\Cc1ccc(-c2ccc(-c3ccc4c(c3)c3c(/C=C\C)c(C)ccc3n4-c3ccccc3)cc2)cc1. The van der Waals surface area contributed by atoms with E-state index in [0.29, 0.717) is 5.92 Å². The number of hydrogen-bond donors (Lipinski definition) is 0. The largest absolute Gasteiger partial charge is 0.309 e. The molecule has 0 amide bonds. The van der Waals surface area contributed by atoms with Gasteiger partial charge in [-0.25, -0.2) is 0 Å². The van der Waals surface area contributed by atoms with Crippen LogP contribution in [-0.2, 0) is 6.42 Å². The molecule has 0 saturated heterocycles. The Bertz CT molecular complexity index is 2130. The van der Waals surface area contributed by atoms with E-state index in [1.54, 1.807) is 0 Å². The zero-order chi connectivity index (χ0) is 32.8. The molecule has 0 aliphatic rings. The first-order valence-electron chi connectivity index (χ1n) is 16.6. The fraction of sp³-hybridized carbons (Fsp3) is 0.130. The predicted molar refractivity (Wildman–Crippen MR) is 206 cm³/mol. The minimum Gasteiger partial charge on any atom is -0.309 e. The number of allylic oxidation sites excluding steroid dienone is 8. The summed E-state index contributed by atoms with van der Waals surface area (Å²) in [6.07, 6.45) is 18.1. The standard InChI is InChI=1S/C46H43N/c1-6-14-36(33(4)8-3)17-13-12-16-35-21-23-37(24-22-35)38-25-27-39(28-26-38)40-29-31-44-43(32-40)46-42(15-7-2)34(5)20-30-45(46)47(44)41-18-10-9-11-19-41/h6-15,17-33H,3,16H2,1-2,4-5H3/b13-12+,14-6-,15-7-,36-17-. The van der Waals surface area contributed by atoms with Gasteiger partial charge in [0.2, 0.25) is 0 Å². The summed E-state index contributed by atoms with van der Waals surface area (Å²) in [5.74, 6) is 0.339. The van der Waals surface area contributed by atoms with Crippen LogP contribution < -0.4 is 0 Å². The molecule has 1 unspecified atom stereocenters. The number of aryl methyl sites for hydroxylation is 1. The van der Waals surface area contributed by atoms with Gasteiger partial charge in [-0.1, -0.05) is 134 Å². The number of rotatable bonds is 10. The molecule has 1 aromatic heterocycles. The molecular weight excluding hydrogens is 567 g/mol. The van der Waals surface area contributed by atoms with E-state index in [1.807, 2.05) is 6.08 Å². The van der Waals surface area contributed by atoms with Gasteiger partial charge in [0.1, 0.15) is 0 Å². The van der Waals surface area contributed by atoms with E-state index in [2.05, 4.69) is 191 Å². The molecule has 0 fully saturated rings. The summed E-state index contributed by atoms with van der Waals surface area (Å²) in [6, 6.07) is 40.0. The van der Waals surface area contributed by atoms with Crippen molar-refractivity contribution in [1.82, 2.24) is 4.57 Å². The molecule has 0 saturated carbocycles. The lowest BCUT2D eigenvalue weighted by Gasteiger charge is -2.09. The number of benzene rings is 5. The Morgan fingerprint density at radius 1 is 0.745 bits per heavy atom. The highest BCUT2D eigenvalue weighted by Crippen LogP contribution is 2.38. The molecule has 0 radical (unpaired) electrons. The fourth-order valence-electron chi connectivity index (χ4n) is 6.42. The summed E-state index contributed by atoms with van der Waals surface area (Å²) in [6.45, 7) is 12.5. The van der Waals surface area contributed by atoms with Crippen LogP contribution in [0.3, 0.4) is 0 Å². The molecule has 1 nitrogen and oxygen atoms in total. The Labute approximate surface area is 280 Å². The van der Waals surface area contributed by atoms with Crippen molar-refractivity contribution in [1.29, 1.82) is 0 Å². The van der Waals surface area contributed by atoms with Gasteiger partial charge in [0.15, 0.2) is 0 Å². The second-order valence-electron chi connectivity index (χ2n) is 12.2. The van der Waals surface area contributed by atoms with E-state index in [4.69, 9.17) is 0 Å². The normalized spacial score (nSPS) is 13.1. The highest BCUT2D eigenvalue weighted by Gasteiger charge is 2.16. The van der Waals surface area contributed by atoms with Gasteiger partial charge in [0, 0.05) is 16.5 Å². The summed E-state index contributed by atoms with van der Waals surface area (Å²) in [5.41, 5.74) is 13.7. The van der Waals surface area contributed by atoms with Crippen molar-refractivity contribution in [2.24, 2.45) is 5.92 Å². The summed E-state index contributed by atoms with van der Waals surface area (Å²) in [4.78, 5) is 0. The molecule has 47 heavy (non-hydrogen) atoms. The molecule has 5 aromatic carbocycles. The van der Waals surface area contributed by atoms with Crippen molar-refractivity contribution in [3.8, 4) is 27.9 Å². The zero-order valence-electron chi connectivity index (χ0n) is 27.9. The molecule has 1 heteroatoms. The van der Waals surface area contributed by atoms with E-state index >= 15 is 0 Å². The van der Waals surface area contributed by atoms with Crippen molar-refractivity contribution in [2.45, 2.75) is 34.1 Å². The van der Waals surface area contributed by atoms with Crippen LogP contribution in [0.25, 0.3) is 55.8 Å². The fourth-order valence-corrected chi connectivity index (χ4v) is 6.42. The van der Waals surface area contributed by atoms with Gasteiger partial charge in [-0.15, -0.1) is 6.58 Å². The molecule has 0 aliphatic heterocycles. The summed E-state index contributed by atoms with van der Waals surface area (Å²) < 4.78 is 2.39. The number of aromatic nitrogens is 1. The molecule has 0 N–H and O–H groups in total. The Hall–Kier alpha value is -5.40. The lowest BCUT2D eigenvalue weighted by atomic mass is 9.96. The quantitative estimate of drug-likeness (QED) is 0.108. The minimum absolute atomic E-state index is 0.339. The third kappa shape index (κ3) is 6.62. The minimum atomic E-state index is 0.339. The maximum absolute atomic E-state index is 3.93. The summed E-state index contributed by atoms with van der Waals surface area (Å²) >= 11 is 0. The van der Waals surface area contributed by atoms with Gasteiger partial charge in [-0.3, -0.25) is 0 Å². The molecule has 0 bridgehead atoms. The van der Waals surface area contributed by atoms with Crippen molar-refractivity contribution < 1.29 is 0 Å². The second-order valence-corrected chi connectivity index (χ2v) is 12.2. The van der Waals surface area contributed by atoms with E-state index in [1.165, 1.54) is 72.0 Å². The average Bonchev–Trinajstić information content (AvgIpc) is 3.45. The Morgan fingerprint density at radius 3 is 2.04 bits per heavy atom. The molecule has 1 atom stereocenters. The average molecular weight is 610 g/mol. The molecular formula is C46H43N. The first-order valence-corrected chi connectivity index (χ1v) is 16.6. The van der Waals surface area contributed by atoms with Crippen LogP contribution in [0.4, 0.5) is 0 Å². The van der Waals surface area contributed by atoms with Gasteiger partial charge in [-0.2, -0.15) is 0 Å². The molecule has 232 valence electrons. The van der Waals surface area contributed by atoms with Gasteiger partial charge < -0.3 is 4.57 Å². The summed E-state index contributed by atoms with van der Waals surface area (Å²) in [7, 11) is 0. The topological polar surface area (TPSA) is 4.93 Å². The Kier molecular flexibility index (Phi) is 9.64. The third-order valence-corrected chi connectivity index (χ3v) is 9.06. The van der Waals surface area contributed by atoms with E-state index < -0.39 is 0 Å². The van der Waals surface area contributed by atoms with Crippen LogP contribution in [0.2, 0.25) is 0 Å². The van der Waals surface area contributed by atoms with Crippen LogP contribution in [0.1, 0.15) is 37.5 Å². The van der Waals surface area contributed by atoms with E-state index in [-0.39, 0.29) is 0 Å². The highest BCUT2D eigenvalue weighted by atomic mass is 15.0. The predicted octanol–water partition coefficient (Wildman–Crippen LogP) is 12.9. The van der Waals surface area contributed by atoms with Crippen LogP contribution in [0.15, 0.2) is 164 Å². The number of nitrogens with zero attached hydrogens (tertiary/aromatic N) is 1. The van der Waals surface area contributed by atoms with Gasteiger partial charge in [0.25, 0.3) is 0 Å². The maximum Gasteiger partial charge on any atom is 0.0547 e. The smallest absolute Gasteiger partial charge is 0.0547 e.